The fourth-order valence-electron chi connectivity index (χ4n) is 2.66. The van der Waals surface area contributed by atoms with Crippen molar-refractivity contribution in [1.82, 2.24) is 14.9 Å². The van der Waals surface area contributed by atoms with Gasteiger partial charge in [-0.1, -0.05) is 0 Å². The monoisotopic (exact) mass is 340 g/mol. The molecule has 8 nitrogen and oxygen atoms in total. The third kappa shape index (κ3) is 4.03. The molecule has 0 spiro atoms. The number of amides is 1. The highest BCUT2D eigenvalue weighted by molar-refractivity contribution is 5.88. The van der Waals surface area contributed by atoms with Gasteiger partial charge in [-0.05, 0) is 24.3 Å². The van der Waals surface area contributed by atoms with Crippen LogP contribution in [0.15, 0.2) is 30.6 Å². The minimum Gasteiger partial charge on any atom is -0.474 e. The average Bonchev–Trinajstić information content (AvgIpc) is 2.64. The topological polar surface area (TPSA) is 117 Å². The van der Waals surface area contributed by atoms with Crippen LogP contribution in [0.3, 0.4) is 0 Å². The molecule has 0 unspecified atom stereocenters. The van der Waals surface area contributed by atoms with Crippen LogP contribution >= 0.6 is 0 Å². The van der Waals surface area contributed by atoms with Gasteiger partial charge in [-0.2, -0.15) is 0 Å². The molecule has 3 rings (SSSR count). The standard InChI is InChI=1S/C17H20N6O2/c18-9-15-16(22-13-3-1-12(19)2-4-13)20-10-21-17(15)25-14-5-7-23(11-24)8-6-14/h1-4,9-11,14,18H,5-8,19H2,(H,20,21,22). The van der Waals surface area contributed by atoms with Gasteiger partial charge in [-0.15, -0.1) is 0 Å². The zero-order chi connectivity index (χ0) is 17.6. The van der Waals surface area contributed by atoms with E-state index in [2.05, 4.69) is 15.3 Å². The summed E-state index contributed by atoms with van der Waals surface area (Å²) < 4.78 is 5.96. The minimum absolute atomic E-state index is 0.0332. The SMILES string of the molecule is N=Cc1c(Nc2ccc(N)cc2)ncnc1OC1CCN(C=O)CC1. The number of piperidine rings is 1. The summed E-state index contributed by atoms with van der Waals surface area (Å²) in [5.74, 6) is 0.864. The number of carbonyl (C=O) groups excluding carboxylic acids is 1. The number of carbonyl (C=O) groups is 1. The number of likely N-dealkylation sites (tertiary alicyclic amines) is 1. The molecule has 0 atom stereocenters. The molecule has 1 aliphatic heterocycles. The fourth-order valence-corrected chi connectivity index (χ4v) is 2.66. The number of benzene rings is 1. The number of nitrogens with one attached hydrogen (secondary N) is 2. The minimum atomic E-state index is -0.0332. The average molecular weight is 340 g/mol. The van der Waals surface area contributed by atoms with Gasteiger partial charge in [0.25, 0.3) is 0 Å². The van der Waals surface area contributed by atoms with Crippen molar-refractivity contribution in [2.75, 3.05) is 24.1 Å². The molecule has 1 aliphatic rings. The Morgan fingerprint density at radius 2 is 1.96 bits per heavy atom. The summed E-state index contributed by atoms with van der Waals surface area (Å²) in [5, 5.41) is 10.9. The van der Waals surface area contributed by atoms with Gasteiger partial charge in [0.1, 0.15) is 18.2 Å². The summed E-state index contributed by atoms with van der Waals surface area (Å²) in [6, 6.07) is 7.24. The first-order valence-electron chi connectivity index (χ1n) is 8.03. The highest BCUT2D eigenvalue weighted by Gasteiger charge is 2.22. The summed E-state index contributed by atoms with van der Waals surface area (Å²) in [5.41, 5.74) is 7.65. The lowest BCUT2D eigenvalue weighted by molar-refractivity contribution is -0.119. The van der Waals surface area contributed by atoms with Crippen LogP contribution < -0.4 is 15.8 Å². The summed E-state index contributed by atoms with van der Waals surface area (Å²) in [6.45, 7) is 1.32. The lowest BCUT2D eigenvalue weighted by Crippen LogP contribution is -2.37. The van der Waals surface area contributed by atoms with E-state index in [-0.39, 0.29) is 6.10 Å². The van der Waals surface area contributed by atoms with E-state index in [1.54, 1.807) is 17.0 Å². The van der Waals surface area contributed by atoms with E-state index in [4.69, 9.17) is 15.9 Å². The first kappa shape index (κ1) is 16.7. The second-order valence-corrected chi connectivity index (χ2v) is 5.79. The van der Waals surface area contributed by atoms with E-state index in [0.717, 1.165) is 24.9 Å². The molecular formula is C17H20N6O2. The van der Waals surface area contributed by atoms with Crippen molar-refractivity contribution in [3.8, 4) is 5.88 Å². The summed E-state index contributed by atoms with van der Waals surface area (Å²) >= 11 is 0. The van der Waals surface area contributed by atoms with Crippen molar-refractivity contribution in [1.29, 1.82) is 5.41 Å². The van der Waals surface area contributed by atoms with Crippen molar-refractivity contribution < 1.29 is 9.53 Å². The molecule has 2 heterocycles. The van der Waals surface area contributed by atoms with Crippen LogP contribution in [-0.2, 0) is 4.79 Å². The Morgan fingerprint density at radius 3 is 2.60 bits per heavy atom. The maximum Gasteiger partial charge on any atom is 0.227 e. The molecular weight excluding hydrogens is 320 g/mol. The van der Waals surface area contributed by atoms with Crippen LogP contribution in [0.25, 0.3) is 0 Å². The van der Waals surface area contributed by atoms with Crippen molar-refractivity contribution >= 4 is 29.8 Å². The number of nitrogens with two attached hydrogens (primary N) is 1. The summed E-state index contributed by atoms with van der Waals surface area (Å²) in [4.78, 5) is 20.9. The Bertz CT molecular complexity index is 741. The molecule has 1 fully saturated rings. The molecule has 1 saturated heterocycles. The van der Waals surface area contributed by atoms with E-state index in [9.17, 15) is 4.79 Å². The van der Waals surface area contributed by atoms with Crippen LogP contribution in [-0.4, -0.2) is 46.7 Å². The molecule has 1 amide bonds. The zero-order valence-corrected chi connectivity index (χ0v) is 13.7. The molecule has 2 aromatic rings. The number of aromatic nitrogens is 2. The lowest BCUT2D eigenvalue weighted by Gasteiger charge is -2.29. The number of anilines is 3. The molecule has 0 bridgehead atoms. The van der Waals surface area contributed by atoms with Crippen molar-refractivity contribution in [2.24, 2.45) is 0 Å². The normalized spacial score (nSPS) is 14.8. The van der Waals surface area contributed by atoms with E-state index in [0.29, 0.717) is 36.0 Å². The van der Waals surface area contributed by atoms with Crippen LogP contribution in [0.5, 0.6) is 5.88 Å². The number of ether oxygens (including phenoxy) is 1. The van der Waals surface area contributed by atoms with Gasteiger partial charge in [0.15, 0.2) is 0 Å². The fraction of sp³-hybridized carbons (Fsp3) is 0.294. The van der Waals surface area contributed by atoms with Gasteiger partial charge >= 0.3 is 0 Å². The first-order valence-corrected chi connectivity index (χ1v) is 8.03. The molecule has 0 saturated carbocycles. The van der Waals surface area contributed by atoms with Crippen molar-refractivity contribution in [2.45, 2.75) is 18.9 Å². The van der Waals surface area contributed by atoms with Gasteiger partial charge in [0, 0.05) is 43.5 Å². The molecule has 1 aromatic carbocycles. The van der Waals surface area contributed by atoms with E-state index >= 15 is 0 Å². The van der Waals surface area contributed by atoms with Crippen molar-refractivity contribution in [3.63, 3.8) is 0 Å². The highest BCUT2D eigenvalue weighted by Crippen LogP contribution is 2.26. The Morgan fingerprint density at radius 1 is 1.24 bits per heavy atom. The maximum absolute atomic E-state index is 10.8. The number of nitrogens with zero attached hydrogens (tertiary/aromatic N) is 3. The van der Waals surface area contributed by atoms with Gasteiger partial charge in [0.2, 0.25) is 12.3 Å². The highest BCUT2D eigenvalue weighted by atomic mass is 16.5. The molecule has 1 aromatic heterocycles. The Hall–Kier alpha value is -3.16. The van der Waals surface area contributed by atoms with Gasteiger partial charge in [-0.3, -0.25) is 4.79 Å². The maximum atomic E-state index is 10.8. The van der Waals surface area contributed by atoms with Crippen LogP contribution in [0.4, 0.5) is 17.2 Å². The third-order valence-electron chi connectivity index (χ3n) is 4.07. The predicted molar refractivity (Wildman–Crippen MR) is 95.3 cm³/mol. The van der Waals surface area contributed by atoms with Gasteiger partial charge in [-0.25, -0.2) is 9.97 Å². The van der Waals surface area contributed by atoms with E-state index in [1.165, 1.54) is 12.5 Å². The van der Waals surface area contributed by atoms with Crippen LogP contribution in [0.2, 0.25) is 0 Å². The molecule has 25 heavy (non-hydrogen) atoms. The molecule has 8 heteroatoms. The largest absolute Gasteiger partial charge is 0.474 e. The van der Waals surface area contributed by atoms with Crippen molar-refractivity contribution in [3.05, 3.63) is 36.2 Å². The summed E-state index contributed by atoms with van der Waals surface area (Å²) in [7, 11) is 0. The molecule has 130 valence electrons. The lowest BCUT2D eigenvalue weighted by atomic mass is 10.1. The number of hydrogen-bond acceptors (Lipinski definition) is 7. The second kappa shape index (κ2) is 7.61. The Labute approximate surface area is 145 Å². The molecule has 0 radical (unpaired) electrons. The molecule has 0 aliphatic carbocycles. The number of rotatable bonds is 6. The van der Waals surface area contributed by atoms with Gasteiger partial charge < -0.3 is 26.1 Å². The Balaban J connectivity index is 1.75. The zero-order valence-electron chi connectivity index (χ0n) is 13.7. The number of nitrogen functional groups attached to an aromatic ring is 1. The first-order chi connectivity index (χ1) is 12.2. The van der Waals surface area contributed by atoms with E-state index in [1.807, 2.05) is 12.1 Å². The van der Waals surface area contributed by atoms with Crippen LogP contribution in [0, 0.1) is 5.41 Å². The van der Waals surface area contributed by atoms with Crippen LogP contribution in [0.1, 0.15) is 18.4 Å². The predicted octanol–water partition coefficient (Wildman–Crippen LogP) is 1.80. The smallest absolute Gasteiger partial charge is 0.227 e. The number of hydrogen-bond donors (Lipinski definition) is 3. The second-order valence-electron chi connectivity index (χ2n) is 5.79. The summed E-state index contributed by atoms with van der Waals surface area (Å²) in [6.07, 6.45) is 4.88. The quantitative estimate of drug-likeness (QED) is 0.419. The van der Waals surface area contributed by atoms with E-state index < -0.39 is 0 Å². The third-order valence-corrected chi connectivity index (χ3v) is 4.07. The Kier molecular flexibility index (Phi) is 5.08. The molecule has 4 N–H and O–H groups in total. The van der Waals surface area contributed by atoms with Gasteiger partial charge in [0.05, 0.1) is 5.56 Å².